The molecule has 0 saturated carbocycles. The van der Waals surface area contributed by atoms with Gasteiger partial charge in [0.2, 0.25) is 0 Å². The molecule has 3 aromatic rings. The minimum absolute atomic E-state index is 0.634. The highest BCUT2D eigenvalue weighted by Crippen LogP contribution is 2.18. The molecule has 0 aromatic carbocycles. The average molecular weight is 226 g/mol. The summed E-state index contributed by atoms with van der Waals surface area (Å²) in [6.45, 7) is 1.94. The fourth-order valence-electron chi connectivity index (χ4n) is 1.59. The van der Waals surface area contributed by atoms with Gasteiger partial charge in [-0.2, -0.15) is 0 Å². The molecule has 84 valence electrons. The highest BCUT2D eigenvalue weighted by atomic mass is 15.1. The van der Waals surface area contributed by atoms with Gasteiger partial charge in [0.15, 0.2) is 11.5 Å². The van der Waals surface area contributed by atoms with Gasteiger partial charge in [0.1, 0.15) is 17.7 Å². The summed E-state index contributed by atoms with van der Waals surface area (Å²) >= 11 is 0. The quantitative estimate of drug-likeness (QED) is 0.696. The first-order valence-electron chi connectivity index (χ1n) is 5.18. The molecular formula is C11H10N6. The second-order valence-electron chi connectivity index (χ2n) is 3.61. The summed E-state index contributed by atoms with van der Waals surface area (Å²) in [5.74, 6) is 1.42. The van der Waals surface area contributed by atoms with Crippen molar-refractivity contribution in [1.29, 1.82) is 0 Å². The van der Waals surface area contributed by atoms with Gasteiger partial charge in [0.25, 0.3) is 0 Å². The van der Waals surface area contributed by atoms with E-state index in [9.17, 15) is 0 Å². The van der Waals surface area contributed by atoms with Gasteiger partial charge in [0, 0.05) is 5.69 Å². The number of aryl methyl sites for hydroxylation is 1. The van der Waals surface area contributed by atoms with Gasteiger partial charge in [-0.25, -0.2) is 19.9 Å². The standard InChI is InChI=1S/C11H10N6/c1-7-3-2-4-8(16-7)17-11-9-10(13-5-12-9)14-6-15-11/h2-6H,1H3,(H2,12,13,14,15,16,17). The number of imidazole rings is 1. The lowest BCUT2D eigenvalue weighted by Crippen LogP contribution is -1.98. The Morgan fingerprint density at radius 1 is 1.18 bits per heavy atom. The first kappa shape index (κ1) is 9.71. The molecule has 3 aromatic heterocycles. The Balaban J connectivity index is 2.02. The topological polar surface area (TPSA) is 79.4 Å². The van der Waals surface area contributed by atoms with Crippen molar-refractivity contribution in [1.82, 2.24) is 24.9 Å². The molecule has 2 N–H and O–H groups in total. The van der Waals surface area contributed by atoms with E-state index in [4.69, 9.17) is 0 Å². The minimum atomic E-state index is 0.634. The van der Waals surface area contributed by atoms with Crippen molar-refractivity contribution < 1.29 is 0 Å². The van der Waals surface area contributed by atoms with E-state index in [0.29, 0.717) is 11.5 Å². The van der Waals surface area contributed by atoms with Crippen molar-refractivity contribution in [2.45, 2.75) is 6.92 Å². The summed E-state index contributed by atoms with van der Waals surface area (Å²) in [7, 11) is 0. The Labute approximate surface area is 97.2 Å². The van der Waals surface area contributed by atoms with E-state index in [2.05, 4.69) is 30.2 Å². The maximum Gasteiger partial charge on any atom is 0.182 e. The monoisotopic (exact) mass is 226 g/mol. The Hall–Kier alpha value is -2.50. The molecular weight excluding hydrogens is 216 g/mol. The number of fused-ring (bicyclic) bond motifs is 1. The van der Waals surface area contributed by atoms with Gasteiger partial charge < -0.3 is 10.3 Å². The van der Waals surface area contributed by atoms with E-state index in [1.165, 1.54) is 6.33 Å². The number of aromatic nitrogens is 5. The highest BCUT2D eigenvalue weighted by molar-refractivity contribution is 5.83. The Morgan fingerprint density at radius 3 is 3.00 bits per heavy atom. The molecule has 0 aliphatic heterocycles. The fourth-order valence-corrected chi connectivity index (χ4v) is 1.59. The van der Waals surface area contributed by atoms with E-state index >= 15 is 0 Å². The molecule has 0 aliphatic rings. The SMILES string of the molecule is Cc1cccc(Nc2ncnc3nc[nH]c23)n1. The lowest BCUT2D eigenvalue weighted by atomic mass is 10.3. The van der Waals surface area contributed by atoms with E-state index in [0.717, 1.165) is 17.0 Å². The van der Waals surface area contributed by atoms with Gasteiger partial charge in [-0.05, 0) is 19.1 Å². The molecule has 0 aliphatic carbocycles. The summed E-state index contributed by atoms with van der Waals surface area (Å²) in [6.07, 6.45) is 3.06. The lowest BCUT2D eigenvalue weighted by Gasteiger charge is -2.05. The minimum Gasteiger partial charge on any atom is -0.340 e. The number of nitrogens with zero attached hydrogens (tertiary/aromatic N) is 4. The fraction of sp³-hybridized carbons (Fsp3) is 0.0909. The molecule has 17 heavy (non-hydrogen) atoms. The number of hydrogen-bond acceptors (Lipinski definition) is 5. The van der Waals surface area contributed by atoms with Crippen LogP contribution < -0.4 is 5.32 Å². The maximum atomic E-state index is 4.35. The molecule has 0 radical (unpaired) electrons. The second-order valence-corrected chi connectivity index (χ2v) is 3.61. The van der Waals surface area contributed by atoms with Crippen LogP contribution in [0.4, 0.5) is 11.6 Å². The number of aromatic amines is 1. The van der Waals surface area contributed by atoms with Crippen LogP contribution >= 0.6 is 0 Å². The van der Waals surface area contributed by atoms with Crippen LogP contribution in [0.5, 0.6) is 0 Å². The summed E-state index contributed by atoms with van der Waals surface area (Å²) < 4.78 is 0. The molecule has 3 heterocycles. The molecule has 0 fully saturated rings. The predicted octanol–water partition coefficient (Wildman–Crippen LogP) is 1.80. The van der Waals surface area contributed by atoms with E-state index < -0.39 is 0 Å². The summed E-state index contributed by atoms with van der Waals surface area (Å²) in [6, 6.07) is 5.77. The van der Waals surface area contributed by atoms with E-state index in [1.54, 1.807) is 6.33 Å². The van der Waals surface area contributed by atoms with Crippen LogP contribution in [-0.2, 0) is 0 Å². The third-order valence-electron chi connectivity index (χ3n) is 2.36. The zero-order valence-corrected chi connectivity index (χ0v) is 9.18. The van der Waals surface area contributed by atoms with E-state index in [1.807, 2.05) is 25.1 Å². The van der Waals surface area contributed by atoms with Crippen molar-refractivity contribution in [3.05, 3.63) is 36.5 Å². The molecule has 0 amide bonds. The molecule has 0 atom stereocenters. The third-order valence-corrected chi connectivity index (χ3v) is 2.36. The largest absolute Gasteiger partial charge is 0.340 e. The molecule has 0 bridgehead atoms. The van der Waals surface area contributed by atoms with Crippen molar-refractivity contribution >= 4 is 22.8 Å². The summed E-state index contributed by atoms with van der Waals surface area (Å²) in [4.78, 5) is 19.6. The van der Waals surface area contributed by atoms with Gasteiger partial charge in [-0.3, -0.25) is 0 Å². The van der Waals surface area contributed by atoms with Crippen LogP contribution in [0.2, 0.25) is 0 Å². The zero-order chi connectivity index (χ0) is 11.7. The molecule has 0 unspecified atom stereocenters. The van der Waals surface area contributed by atoms with Crippen LogP contribution in [0, 0.1) is 6.92 Å². The van der Waals surface area contributed by atoms with Crippen molar-refractivity contribution in [2.24, 2.45) is 0 Å². The van der Waals surface area contributed by atoms with E-state index in [-0.39, 0.29) is 0 Å². The smallest absolute Gasteiger partial charge is 0.182 e. The summed E-state index contributed by atoms with van der Waals surface area (Å²) in [5, 5.41) is 3.14. The Morgan fingerprint density at radius 2 is 2.12 bits per heavy atom. The van der Waals surface area contributed by atoms with Gasteiger partial charge in [-0.1, -0.05) is 6.07 Å². The Kier molecular flexibility index (Phi) is 2.18. The molecule has 6 nitrogen and oxygen atoms in total. The van der Waals surface area contributed by atoms with Crippen LogP contribution in [0.1, 0.15) is 5.69 Å². The van der Waals surface area contributed by atoms with Crippen LogP contribution in [-0.4, -0.2) is 24.9 Å². The third kappa shape index (κ3) is 1.80. The predicted molar refractivity (Wildman–Crippen MR) is 63.9 cm³/mol. The van der Waals surface area contributed by atoms with Crippen molar-refractivity contribution in [3.8, 4) is 0 Å². The lowest BCUT2D eigenvalue weighted by molar-refractivity contribution is 1.16. The number of hydrogen-bond donors (Lipinski definition) is 2. The summed E-state index contributed by atoms with van der Waals surface area (Å²) in [5.41, 5.74) is 2.36. The average Bonchev–Trinajstić information content (AvgIpc) is 2.78. The number of anilines is 2. The Bertz CT molecular complexity index is 660. The number of nitrogens with one attached hydrogen (secondary N) is 2. The van der Waals surface area contributed by atoms with Crippen LogP contribution in [0.3, 0.4) is 0 Å². The molecule has 6 heteroatoms. The normalized spacial score (nSPS) is 10.6. The molecule has 0 spiro atoms. The van der Waals surface area contributed by atoms with Crippen molar-refractivity contribution in [2.75, 3.05) is 5.32 Å². The molecule has 3 rings (SSSR count). The first-order valence-corrected chi connectivity index (χ1v) is 5.18. The number of rotatable bonds is 2. The molecule has 0 saturated heterocycles. The maximum absolute atomic E-state index is 4.35. The number of H-pyrrole nitrogens is 1. The second kappa shape index (κ2) is 3.82. The van der Waals surface area contributed by atoms with Gasteiger partial charge in [-0.15, -0.1) is 0 Å². The van der Waals surface area contributed by atoms with Gasteiger partial charge >= 0.3 is 0 Å². The first-order chi connectivity index (χ1) is 8.33. The van der Waals surface area contributed by atoms with Crippen molar-refractivity contribution in [3.63, 3.8) is 0 Å². The number of pyridine rings is 1. The zero-order valence-electron chi connectivity index (χ0n) is 9.18. The van der Waals surface area contributed by atoms with Crippen LogP contribution in [0.15, 0.2) is 30.9 Å². The van der Waals surface area contributed by atoms with Crippen LogP contribution in [0.25, 0.3) is 11.2 Å². The highest BCUT2D eigenvalue weighted by Gasteiger charge is 2.06. The van der Waals surface area contributed by atoms with Gasteiger partial charge in [0.05, 0.1) is 6.33 Å².